The van der Waals surface area contributed by atoms with Gasteiger partial charge in [0.15, 0.2) is 5.82 Å². The maximum atomic E-state index is 13.6. The first-order chi connectivity index (χ1) is 9.92. The third-order valence-electron chi connectivity index (χ3n) is 2.75. The molecule has 0 atom stereocenters. The maximum Gasteiger partial charge on any atom is 0.257 e. The van der Waals surface area contributed by atoms with E-state index in [1.165, 1.54) is 25.3 Å². The van der Waals surface area contributed by atoms with Gasteiger partial charge in [0.05, 0.1) is 23.4 Å². The molecule has 2 aromatic carbocycles. The van der Waals surface area contributed by atoms with Gasteiger partial charge in [-0.05, 0) is 18.2 Å². The molecule has 0 spiro atoms. The zero-order chi connectivity index (χ0) is 15.6. The van der Waals surface area contributed by atoms with Crippen LogP contribution in [0.25, 0.3) is 0 Å². The number of ether oxygens (including phenoxy) is 1. The molecule has 2 rings (SSSR count). The lowest BCUT2D eigenvalue weighted by molar-refractivity contribution is 0.102. The Morgan fingerprint density at radius 3 is 2.57 bits per heavy atom. The fourth-order valence-corrected chi connectivity index (χ4v) is 1.96. The van der Waals surface area contributed by atoms with Gasteiger partial charge < -0.3 is 15.8 Å². The molecule has 2 aromatic rings. The minimum atomic E-state index is -0.972. The highest BCUT2D eigenvalue weighted by atomic mass is 35.5. The molecule has 0 fully saturated rings. The average molecular weight is 313 g/mol. The summed E-state index contributed by atoms with van der Waals surface area (Å²) >= 11 is 5.71. The van der Waals surface area contributed by atoms with Gasteiger partial charge in [-0.15, -0.1) is 0 Å². The summed E-state index contributed by atoms with van der Waals surface area (Å²) in [4.78, 5) is 12.1. The van der Waals surface area contributed by atoms with E-state index in [4.69, 9.17) is 22.1 Å². The molecular weight excluding hydrogens is 302 g/mol. The lowest BCUT2D eigenvalue weighted by Gasteiger charge is -2.11. The first-order valence-electron chi connectivity index (χ1n) is 5.81. The second-order valence-corrected chi connectivity index (χ2v) is 4.56. The van der Waals surface area contributed by atoms with Crippen molar-refractivity contribution in [1.82, 2.24) is 0 Å². The zero-order valence-electron chi connectivity index (χ0n) is 10.9. The summed E-state index contributed by atoms with van der Waals surface area (Å²) in [6.45, 7) is 0. The van der Waals surface area contributed by atoms with Crippen molar-refractivity contribution in [3.63, 3.8) is 0 Å². The molecule has 7 heteroatoms. The van der Waals surface area contributed by atoms with Crippen LogP contribution in [0.1, 0.15) is 10.4 Å². The fourth-order valence-electron chi connectivity index (χ4n) is 1.72. The highest BCUT2D eigenvalue weighted by Gasteiger charge is 2.16. The van der Waals surface area contributed by atoms with E-state index in [9.17, 15) is 13.6 Å². The number of nitrogens with one attached hydrogen (secondary N) is 1. The van der Waals surface area contributed by atoms with Crippen molar-refractivity contribution in [3.05, 3.63) is 52.6 Å². The van der Waals surface area contributed by atoms with Crippen molar-refractivity contribution in [1.29, 1.82) is 0 Å². The predicted octanol–water partition coefficient (Wildman–Crippen LogP) is 3.46. The van der Waals surface area contributed by atoms with Crippen molar-refractivity contribution in [3.8, 4) is 5.75 Å². The molecule has 1 amide bonds. The SMILES string of the molecule is COc1ccc(C(=O)Nc2c(F)cc(F)cc2Cl)c(N)c1. The largest absolute Gasteiger partial charge is 0.497 e. The number of benzene rings is 2. The number of carbonyl (C=O) groups excluding carboxylic acids is 1. The smallest absolute Gasteiger partial charge is 0.257 e. The minimum Gasteiger partial charge on any atom is -0.497 e. The summed E-state index contributed by atoms with van der Waals surface area (Å²) < 4.78 is 31.5. The molecule has 21 heavy (non-hydrogen) atoms. The second-order valence-electron chi connectivity index (χ2n) is 4.15. The van der Waals surface area contributed by atoms with Gasteiger partial charge in [-0.1, -0.05) is 11.6 Å². The molecule has 0 aliphatic heterocycles. The number of nitrogen functional groups attached to an aromatic ring is 1. The normalized spacial score (nSPS) is 10.3. The molecule has 0 aliphatic carbocycles. The Bertz CT molecular complexity index is 684. The molecule has 0 saturated carbocycles. The Kier molecular flexibility index (Phi) is 4.28. The van der Waals surface area contributed by atoms with Crippen LogP contribution >= 0.6 is 11.6 Å². The second kappa shape index (κ2) is 5.97. The summed E-state index contributed by atoms with van der Waals surface area (Å²) in [5, 5.41) is 2.02. The van der Waals surface area contributed by atoms with Gasteiger partial charge in [0, 0.05) is 17.8 Å². The molecule has 0 aromatic heterocycles. The quantitative estimate of drug-likeness (QED) is 0.853. The standard InChI is InChI=1S/C14H11ClF2N2O2/c1-21-8-2-3-9(12(18)6-8)14(20)19-13-10(15)4-7(16)5-11(13)17/h2-6H,18H2,1H3,(H,19,20). The third kappa shape index (κ3) is 3.22. The maximum absolute atomic E-state index is 13.6. The van der Waals surface area contributed by atoms with E-state index in [1.54, 1.807) is 0 Å². The van der Waals surface area contributed by atoms with Crippen LogP contribution < -0.4 is 15.8 Å². The summed E-state index contributed by atoms with van der Waals surface area (Å²) in [5.41, 5.74) is 5.70. The molecule has 0 bridgehead atoms. The molecule has 3 N–H and O–H groups in total. The van der Waals surface area contributed by atoms with Crippen molar-refractivity contribution in [2.24, 2.45) is 0 Å². The van der Waals surface area contributed by atoms with Crippen molar-refractivity contribution in [2.75, 3.05) is 18.2 Å². The number of nitrogens with two attached hydrogens (primary N) is 1. The number of carbonyl (C=O) groups is 1. The van der Waals surface area contributed by atoms with E-state index in [1.807, 2.05) is 0 Å². The average Bonchev–Trinajstić information content (AvgIpc) is 2.42. The van der Waals surface area contributed by atoms with Crippen LogP contribution in [0.4, 0.5) is 20.2 Å². The molecular formula is C14H11ClF2N2O2. The monoisotopic (exact) mass is 312 g/mol. The Morgan fingerprint density at radius 2 is 2.00 bits per heavy atom. The number of hydrogen-bond donors (Lipinski definition) is 2. The van der Waals surface area contributed by atoms with E-state index in [2.05, 4.69) is 5.32 Å². The highest BCUT2D eigenvalue weighted by molar-refractivity contribution is 6.34. The van der Waals surface area contributed by atoms with E-state index in [-0.39, 0.29) is 22.0 Å². The van der Waals surface area contributed by atoms with E-state index < -0.39 is 17.5 Å². The number of hydrogen-bond acceptors (Lipinski definition) is 3. The Morgan fingerprint density at radius 1 is 1.29 bits per heavy atom. The number of amides is 1. The van der Waals surface area contributed by atoms with Crippen LogP contribution in [0, 0.1) is 11.6 Å². The zero-order valence-corrected chi connectivity index (χ0v) is 11.7. The summed E-state index contributed by atoms with van der Waals surface area (Å²) in [6, 6.07) is 5.95. The van der Waals surface area contributed by atoms with Gasteiger partial charge in [-0.2, -0.15) is 0 Å². The van der Waals surface area contributed by atoms with Crippen LogP contribution in [-0.2, 0) is 0 Å². The number of rotatable bonds is 3. The van der Waals surface area contributed by atoms with Crippen LogP contribution in [0.5, 0.6) is 5.75 Å². The molecule has 4 nitrogen and oxygen atoms in total. The van der Waals surface area contributed by atoms with Gasteiger partial charge in [-0.3, -0.25) is 4.79 Å². The molecule has 0 saturated heterocycles. The van der Waals surface area contributed by atoms with E-state index >= 15 is 0 Å². The summed E-state index contributed by atoms with van der Waals surface area (Å²) in [7, 11) is 1.46. The summed E-state index contributed by atoms with van der Waals surface area (Å²) in [6.07, 6.45) is 0. The Hall–Kier alpha value is -2.34. The van der Waals surface area contributed by atoms with E-state index in [0.29, 0.717) is 11.8 Å². The molecule has 0 radical (unpaired) electrons. The third-order valence-corrected chi connectivity index (χ3v) is 3.05. The van der Waals surface area contributed by atoms with Gasteiger partial charge in [0.1, 0.15) is 11.6 Å². The topological polar surface area (TPSA) is 64.3 Å². The molecule has 110 valence electrons. The number of anilines is 2. The van der Waals surface area contributed by atoms with Gasteiger partial charge in [0.2, 0.25) is 0 Å². The van der Waals surface area contributed by atoms with Crippen LogP contribution in [-0.4, -0.2) is 13.0 Å². The van der Waals surface area contributed by atoms with E-state index in [0.717, 1.165) is 6.07 Å². The number of halogens is 3. The lowest BCUT2D eigenvalue weighted by Crippen LogP contribution is -2.15. The lowest BCUT2D eigenvalue weighted by atomic mass is 10.1. The number of methoxy groups -OCH3 is 1. The first-order valence-corrected chi connectivity index (χ1v) is 6.19. The Labute approximate surface area is 124 Å². The highest BCUT2D eigenvalue weighted by Crippen LogP contribution is 2.28. The minimum absolute atomic E-state index is 0.121. The van der Waals surface area contributed by atoms with Gasteiger partial charge in [0.25, 0.3) is 5.91 Å². The van der Waals surface area contributed by atoms with Gasteiger partial charge >= 0.3 is 0 Å². The van der Waals surface area contributed by atoms with Crippen molar-refractivity contribution >= 4 is 28.9 Å². The predicted molar refractivity (Wildman–Crippen MR) is 76.7 cm³/mol. The van der Waals surface area contributed by atoms with Crippen LogP contribution in [0.15, 0.2) is 30.3 Å². The first kappa shape index (κ1) is 15.1. The van der Waals surface area contributed by atoms with Crippen molar-refractivity contribution < 1.29 is 18.3 Å². The molecule has 0 aliphatic rings. The van der Waals surface area contributed by atoms with Crippen LogP contribution in [0.2, 0.25) is 5.02 Å². The Balaban J connectivity index is 2.30. The van der Waals surface area contributed by atoms with Crippen molar-refractivity contribution in [2.45, 2.75) is 0 Å². The summed E-state index contributed by atoms with van der Waals surface area (Å²) in [5.74, 6) is -1.99. The van der Waals surface area contributed by atoms with Crippen LogP contribution in [0.3, 0.4) is 0 Å². The fraction of sp³-hybridized carbons (Fsp3) is 0.0714. The molecule has 0 unspecified atom stereocenters. The van der Waals surface area contributed by atoms with Gasteiger partial charge in [-0.25, -0.2) is 8.78 Å². The molecule has 0 heterocycles.